The number of nitrogens with zero attached hydrogens (tertiary/aromatic N) is 1. The Morgan fingerprint density at radius 1 is 1.27 bits per heavy atom. The average Bonchev–Trinajstić information content (AvgIpc) is 2.67. The summed E-state index contributed by atoms with van der Waals surface area (Å²) in [6.07, 6.45) is 1.85. The summed E-state index contributed by atoms with van der Waals surface area (Å²) >= 11 is 5.06. The van der Waals surface area contributed by atoms with Gasteiger partial charge in [0.25, 0.3) is 0 Å². The molecule has 0 bridgehead atoms. The van der Waals surface area contributed by atoms with E-state index in [0.29, 0.717) is 0 Å². The third-order valence-corrected chi connectivity index (χ3v) is 3.44. The number of thiazole rings is 1. The van der Waals surface area contributed by atoms with Crippen molar-refractivity contribution < 1.29 is 0 Å². The molecular weight excluding hydrogens is 296 g/mol. The Labute approximate surface area is 107 Å². The molecule has 2 rings (SSSR count). The molecule has 0 unspecified atom stereocenters. The lowest BCUT2D eigenvalue weighted by molar-refractivity contribution is 1.40. The van der Waals surface area contributed by atoms with E-state index in [1.165, 1.54) is 0 Å². The third-order valence-electron chi connectivity index (χ3n) is 1.84. The molecule has 0 amide bonds. The number of rotatable bonds is 2. The Balaban J connectivity index is 0.00000112. The van der Waals surface area contributed by atoms with E-state index in [-0.39, 0.29) is 12.4 Å². The van der Waals surface area contributed by atoms with Gasteiger partial charge in [0.1, 0.15) is 10.0 Å². The maximum Gasteiger partial charge on any atom is 0.125 e. The van der Waals surface area contributed by atoms with Crippen LogP contribution in [0.25, 0.3) is 10.6 Å². The summed E-state index contributed by atoms with van der Waals surface area (Å²) in [5, 5.41) is 5.20. The van der Waals surface area contributed by atoms with Crippen molar-refractivity contribution in [2.45, 2.75) is 0 Å². The van der Waals surface area contributed by atoms with Crippen LogP contribution in [0.5, 0.6) is 0 Å². The number of aromatic nitrogens is 1. The smallest absolute Gasteiger partial charge is 0.125 e. The minimum absolute atomic E-state index is 0. The minimum Gasteiger partial charge on any atom is -0.379 e. The van der Waals surface area contributed by atoms with E-state index in [1.54, 1.807) is 11.3 Å². The SMILES string of the molecule is CNc1cnc(-c2ccc(Br)cc2)s1.Cl. The monoisotopic (exact) mass is 304 g/mol. The molecule has 1 heterocycles. The summed E-state index contributed by atoms with van der Waals surface area (Å²) in [5.74, 6) is 0. The second kappa shape index (κ2) is 5.49. The molecule has 0 aliphatic carbocycles. The van der Waals surface area contributed by atoms with Gasteiger partial charge in [-0.3, -0.25) is 0 Å². The lowest BCUT2D eigenvalue weighted by Gasteiger charge is -1.95. The number of halogens is 2. The van der Waals surface area contributed by atoms with E-state index in [1.807, 2.05) is 25.4 Å². The molecule has 1 aromatic heterocycles. The van der Waals surface area contributed by atoms with Crippen LogP contribution in [-0.4, -0.2) is 12.0 Å². The maximum atomic E-state index is 4.33. The van der Waals surface area contributed by atoms with E-state index in [2.05, 4.69) is 38.4 Å². The molecule has 0 aliphatic heterocycles. The molecule has 0 aliphatic rings. The van der Waals surface area contributed by atoms with Crippen molar-refractivity contribution in [3.8, 4) is 10.6 Å². The molecule has 5 heteroatoms. The summed E-state index contributed by atoms with van der Waals surface area (Å²) < 4.78 is 1.09. The zero-order valence-electron chi connectivity index (χ0n) is 8.03. The lowest BCUT2D eigenvalue weighted by atomic mass is 10.2. The summed E-state index contributed by atoms with van der Waals surface area (Å²) in [5.41, 5.74) is 1.15. The van der Waals surface area contributed by atoms with Gasteiger partial charge in [-0.2, -0.15) is 0 Å². The molecule has 0 atom stereocenters. The molecule has 15 heavy (non-hydrogen) atoms. The van der Waals surface area contributed by atoms with Gasteiger partial charge >= 0.3 is 0 Å². The van der Waals surface area contributed by atoms with Crippen molar-refractivity contribution in [3.63, 3.8) is 0 Å². The lowest BCUT2D eigenvalue weighted by Crippen LogP contribution is -1.80. The average molecular weight is 306 g/mol. The molecule has 0 saturated heterocycles. The first-order valence-electron chi connectivity index (χ1n) is 4.19. The molecule has 80 valence electrons. The van der Waals surface area contributed by atoms with Crippen molar-refractivity contribution in [1.29, 1.82) is 0 Å². The topological polar surface area (TPSA) is 24.9 Å². The predicted octanol–water partition coefficient (Wildman–Crippen LogP) is 4.04. The van der Waals surface area contributed by atoms with E-state index < -0.39 is 0 Å². The Morgan fingerprint density at radius 3 is 2.47 bits per heavy atom. The molecular formula is C10H10BrClN2S. The third kappa shape index (κ3) is 2.93. The first kappa shape index (κ1) is 12.5. The highest BCUT2D eigenvalue weighted by atomic mass is 79.9. The van der Waals surface area contributed by atoms with Gasteiger partial charge in [-0.15, -0.1) is 12.4 Å². The zero-order valence-corrected chi connectivity index (χ0v) is 11.2. The van der Waals surface area contributed by atoms with Crippen molar-refractivity contribution in [3.05, 3.63) is 34.9 Å². The van der Waals surface area contributed by atoms with Crippen LogP contribution in [0.1, 0.15) is 0 Å². The summed E-state index contributed by atoms with van der Waals surface area (Å²) in [6, 6.07) is 8.16. The summed E-state index contributed by atoms with van der Waals surface area (Å²) in [6.45, 7) is 0. The second-order valence-corrected chi connectivity index (χ2v) is 4.73. The van der Waals surface area contributed by atoms with Crippen LogP contribution in [-0.2, 0) is 0 Å². The minimum atomic E-state index is 0. The number of anilines is 1. The molecule has 0 radical (unpaired) electrons. The van der Waals surface area contributed by atoms with E-state index in [0.717, 1.165) is 20.0 Å². The Bertz CT molecular complexity index is 427. The van der Waals surface area contributed by atoms with Gasteiger partial charge in [0.05, 0.1) is 6.20 Å². The van der Waals surface area contributed by atoms with E-state index in [4.69, 9.17) is 0 Å². The van der Waals surface area contributed by atoms with Gasteiger partial charge in [-0.05, 0) is 12.1 Å². The number of hydrogen-bond donors (Lipinski definition) is 1. The largest absolute Gasteiger partial charge is 0.379 e. The van der Waals surface area contributed by atoms with E-state index >= 15 is 0 Å². The number of nitrogens with one attached hydrogen (secondary N) is 1. The zero-order chi connectivity index (χ0) is 9.97. The van der Waals surface area contributed by atoms with Gasteiger partial charge in [-0.25, -0.2) is 4.98 Å². The quantitative estimate of drug-likeness (QED) is 0.906. The van der Waals surface area contributed by atoms with Crippen LogP contribution in [0.15, 0.2) is 34.9 Å². The first-order chi connectivity index (χ1) is 6.79. The predicted molar refractivity (Wildman–Crippen MR) is 72.0 cm³/mol. The van der Waals surface area contributed by atoms with Crippen molar-refractivity contribution in [1.82, 2.24) is 4.98 Å². The van der Waals surface area contributed by atoms with Gasteiger partial charge in [0.2, 0.25) is 0 Å². The molecule has 0 spiro atoms. The van der Waals surface area contributed by atoms with Crippen LogP contribution >= 0.6 is 39.7 Å². The van der Waals surface area contributed by atoms with E-state index in [9.17, 15) is 0 Å². The van der Waals surface area contributed by atoms with Gasteiger partial charge in [0, 0.05) is 17.1 Å². The van der Waals surface area contributed by atoms with Crippen LogP contribution in [0, 0.1) is 0 Å². The molecule has 2 aromatic rings. The molecule has 0 fully saturated rings. The normalized spacial score (nSPS) is 9.47. The Morgan fingerprint density at radius 2 is 1.93 bits per heavy atom. The number of benzene rings is 1. The van der Waals surface area contributed by atoms with Gasteiger partial charge in [0.15, 0.2) is 0 Å². The first-order valence-corrected chi connectivity index (χ1v) is 5.80. The van der Waals surface area contributed by atoms with Crippen molar-refractivity contribution >= 4 is 44.7 Å². The van der Waals surface area contributed by atoms with Gasteiger partial charge in [-0.1, -0.05) is 39.4 Å². The molecule has 1 N–H and O–H groups in total. The fourth-order valence-corrected chi connectivity index (χ4v) is 2.16. The van der Waals surface area contributed by atoms with Crippen LogP contribution in [0.3, 0.4) is 0 Å². The Kier molecular flexibility index (Phi) is 4.57. The van der Waals surface area contributed by atoms with Crippen LogP contribution < -0.4 is 5.32 Å². The Hall–Kier alpha value is -0.580. The molecule has 2 nitrogen and oxygen atoms in total. The molecule has 0 saturated carbocycles. The summed E-state index contributed by atoms with van der Waals surface area (Å²) in [4.78, 5) is 4.33. The van der Waals surface area contributed by atoms with Crippen molar-refractivity contribution in [2.75, 3.05) is 12.4 Å². The van der Waals surface area contributed by atoms with Crippen LogP contribution in [0.4, 0.5) is 5.00 Å². The fourth-order valence-electron chi connectivity index (χ4n) is 1.12. The summed E-state index contributed by atoms with van der Waals surface area (Å²) in [7, 11) is 1.90. The highest BCUT2D eigenvalue weighted by Crippen LogP contribution is 2.28. The van der Waals surface area contributed by atoms with Crippen molar-refractivity contribution in [2.24, 2.45) is 0 Å². The fraction of sp³-hybridized carbons (Fsp3) is 0.100. The molecule has 1 aromatic carbocycles. The number of hydrogen-bond acceptors (Lipinski definition) is 3. The highest BCUT2D eigenvalue weighted by Gasteiger charge is 2.02. The maximum absolute atomic E-state index is 4.33. The van der Waals surface area contributed by atoms with Crippen LogP contribution in [0.2, 0.25) is 0 Å². The standard InChI is InChI=1S/C10H9BrN2S.ClH/c1-12-9-6-13-10(14-9)7-2-4-8(11)5-3-7;/h2-6,12H,1H3;1H. The van der Waals surface area contributed by atoms with Gasteiger partial charge < -0.3 is 5.32 Å². The second-order valence-electron chi connectivity index (χ2n) is 2.79. The highest BCUT2D eigenvalue weighted by molar-refractivity contribution is 9.10.